The maximum absolute atomic E-state index is 12.7. The van der Waals surface area contributed by atoms with Crippen LogP contribution in [0.5, 0.6) is 0 Å². The molecular formula is C7H4BrClFNO2. The van der Waals surface area contributed by atoms with E-state index in [4.69, 9.17) is 16.7 Å². The second-order valence-electron chi connectivity index (χ2n) is 2.17. The van der Waals surface area contributed by atoms with E-state index >= 15 is 0 Å². The van der Waals surface area contributed by atoms with Crippen molar-refractivity contribution in [2.24, 2.45) is 0 Å². The average molecular weight is 268 g/mol. The van der Waals surface area contributed by atoms with Gasteiger partial charge in [0.25, 0.3) is 0 Å². The van der Waals surface area contributed by atoms with E-state index in [1.165, 1.54) is 0 Å². The minimum atomic E-state index is -1.26. The summed E-state index contributed by atoms with van der Waals surface area (Å²) in [7, 11) is 0. The summed E-state index contributed by atoms with van der Waals surface area (Å²) in [5.41, 5.74) is 0.135. The molecule has 0 spiro atoms. The molecule has 1 aromatic carbocycles. The Kier molecular flexibility index (Phi) is 3.11. The first-order valence-electron chi connectivity index (χ1n) is 3.15. The molecule has 0 aliphatic rings. The van der Waals surface area contributed by atoms with Gasteiger partial charge in [-0.25, -0.2) is 9.18 Å². The van der Waals surface area contributed by atoms with E-state index < -0.39 is 11.9 Å². The highest BCUT2D eigenvalue weighted by atomic mass is 79.9. The summed E-state index contributed by atoms with van der Waals surface area (Å²) in [5.74, 6) is -0.534. The predicted octanol–water partition coefficient (Wildman–Crippen LogP) is 3.33. The number of hydrogen-bond acceptors (Lipinski definition) is 1. The topological polar surface area (TPSA) is 49.3 Å². The molecule has 0 aliphatic carbocycles. The van der Waals surface area contributed by atoms with E-state index in [2.05, 4.69) is 15.9 Å². The van der Waals surface area contributed by atoms with Gasteiger partial charge in [0.1, 0.15) is 5.82 Å². The van der Waals surface area contributed by atoms with Crippen LogP contribution in [0.1, 0.15) is 0 Å². The quantitative estimate of drug-likeness (QED) is 0.821. The zero-order valence-electron chi connectivity index (χ0n) is 6.14. The standard InChI is InChI=1S/C7H4BrClFNO2/c8-4-1-3(10)2-5(9)6(4)11-7(12)13/h1-2,11H,(H,12,13). The van der Waals surface area contributed by atoms with Crippen LogP contribution in [-0.2, 0) is 0 Å². The van der Waals surface area contributed by atoms with Crippen molar-refractivity contribution in [1.82, 2.24) is 0 Å². The minimum Gasteiger partial charge on any atom is -0.465 e. The lowest BCUT2D eigenvalue weighted by atomic mass is 10.3. The number of carboxylic acid groups (broad SMARTS) is 1. The van der Waals surface area contributed by atoms with Gasteiger partial charge >= 0.3 is 6.09 Å². The number of anilines is 1. The normalized spacial score (nSPS) is 9.77. The Bertz CT molecular complexity index is 335. The van der Waals surface area contributed by atoms with Crippen LogP contribution in [-0.4, -0.2) is 11.2 Å². The van der Waals surface area contributed by atoms with Gasteiger partial charge in [0.05, 0.1) is 10.7 Å². The highest BCUT2D eigenvalue weighted by Crippen LogP contribution is 2.31. The summed E-state index contributed by atoms with van der Waals surface area (Å²) in [5, 5.41) is 10.4. The lowest BCUT2D eigenvalue weighted by Gasteiger charge is -2.05. The van der Waals surface area contributed by atoms with Crippen LogP contribution in [0.25, 0.3) is 0 Å². The smallest absolute Gasteiger partial charge is 0.409 e. The fourth-order valence-corrected chi connectivity index (χ4v) is 1.67. The maximum Gasteiger partial charge on any atom is 0.409 e. The van der Waals surface area contributed by atoms with Gasteiger partial charge in [-0.2, -0.15) is 0 Å². The molecule has 1 amide bonds. The molecule has 6 heteroatoms. The van der Waals surface area contributed by atoms with Crippen LogP contribution in [0.15, 0.2) is 16.6 Å². The van der Waals surface area contributed by atoms with Crippen molar-refractivity contribution in [2.45, 2.75) is 0 Å². The Hall–Kier alpha value is -0.810. The molecule has 0 atom stereocenters. The molecule has 0 radical (unpaired) electrons. The first kappa shape index (κ1) is 10.3. The molecule has 70 valence electrons. The van der Waals surface area contributed by atoms with Gasteiger partial charge in [0, 0.05) is 4.47 Å². The van der Waals surface area contributed by atoms with E-state index in [1.54, 1.807) is 0 Å². The second-order valence-corrected chi connectivity index (χ2v) is 3.44. The Balaban J connectivity index is 3.13. The second kappa shape index (κ2) is 3.93. The first-order chi connectivity index (χ1) is 6.00. The van der Waals surface area contributed by atoms with Gasteiger partial charge in [-0.05, 0) is 28.1 Å². The molecule has 0 saturated heterocycles. The SMILES string of the molecule is O=C(O)Nc1c(Cl)cc(F)cc1Br. The molecule has 1 aromatic rings. The summed E-state index contributed by atoms with van der Waals surface area (Å²) in [6, 6.07) is 2.15. The summed E-state index contributed by atoms with van der Waals surface area (Å²) in [6.07, 6.45) is -1.26. The van der Waals surface area contributed by atoms with Crippen molar-refractivity contribution in [3.05, 3.63) is 27.4 Å². The first-order valence-corrected chi connectivity index (χ1v) is 4.32. The van der Waals surface area contributed by atoms with Crippen molar-refractivity contribution in [1.29, 1.82) is 0 Å². The third-order valence-corrected chi connectivity index (χ3v) is 2.16. The minimum absolute atomic E-state index is 0.00859. The molecule has 0 aliphatic heterocycles. The zero-order chi connectivity index (χ0) is 10.0. The van der Waals surface area contributed by atoms with Crippen LogP contribution in [0.2, 0.25) is 5.02 Å². The highest BCUT2D eigenvalue weighted by Gasteiger charge is 2.09. The Morgan fingerprint density at radius 2 is 2.23 bits per heavy atom. The number of carbonyl (C=O) groups is 1. The lowest BCUT2D eigenvalue weighted by Crippen LogP contribution is -2.08. The van der Waals surface area contributed by atoms with E-state index in [1.807, 2.05) is 5.32 Å². The highest BCUT2D eigenvalue weighted by molar-refractivity contribution is 9.10. The Morgan fingerprint density at radius 3 is 2.69 bits per heavy atom. The van der Waals surface area contributed by atoms with Crippen molar-refractivity contribution in [3.8, 4) is 0 Å². The van der Waals surface area contributed by atoms with Gasteiger partial charge in [-0.1, -0.05) is 11.6 Å². The van der Waals surface area contributed by atoms with Crippen LogP contribution in [0, 0.1) is 5.82 Å². The van der Waals surface area contributed by atoms with E-state index in [9.17, 15) is 9.18 Å². The Labute approximate surface area is 86.6 Å². The van der Waals surface area contributed by atoms with E-state index in [-0.39, 0.29) is 15.2 Å². The van der Waals surface area contributed by atoms with E-state index in [0.717, 1.165) is 12.1 Å². The van der Waals surface area contributed by atoms with Gasteiger partial charge in [0.15, 0.2) is 0 Å². The summed E-state index contributed by atoms with van der Waals surface area (Å²) in [6.45, 7) is 0. The summed E-state index contributed by atoms with van der Waals surface area (Å²) in [4.78, 5) is 10.3. The maximum atomic E-state index is 12.7. The number of hydrogen-bond donors (Lipinski definition) is 2. The van der Waals surface area contributed by atoms with Crippen LogP contribution in [0.4, 0.5) is 14.9 Å². The summed E-state index contributed by atoms with van der Waals surface area (Å²) < 4.78 is 12.9. The molecule has 0 fully saturated rings. The lowest BCUT2D eigenvalue weighted by molar-refractivity contribution is 0.209. The zero-order valence-corrected chi connectivity index (χ0v) is 8.49. The average Bonchev–Trinajstić information content (AvgIpc) is 1.96. The van der Waals surface area contributed by atoms with Crippen LogP contribution >= 0.6 is 27.5 Å². The molecule has 3 nitrogen and oxygen atoms in total. The Morgan fingerprint density at radius 1 is 1.62 bits per heavy atom. The van der Waals surface area contributed by atoms with Crippen LogP contribution in [0.3, 0.4) is 0 Å². The number of halogens is 3. The molecule has 0 aromatic heterocycles. The largest absolute Gasteiger partial charge is 0.465 e. The monoisotopic (exact) mass is 267 g/mol. The van der Waals surface area contributed by atoms with Gasteiger partial charge in [0.2, 0.25) is 0 Å². The van der Waals surface area contributed by atoms with Crippen molar-refractivity contribution >= 4 is 39.3 Å². The van der Waals surface area contributed by atoms with Crippen molar-refractivity contribution < 1.29 is 14.3 Å². The molecule has 13 heavy (non-hydrogen) atoms. The molecule has 0 saturated carbocycles. The molecule has 0 unspecified atom stereocenters. The van der Waals surface area contributed by atoms with Gasteiger partial charge in [-0.3, -0.25) is 5.32 Å². The number of amides is 1. The molecule has 0 bridgehead atoms. The van der Waals surface area contributed by atoms with Crippen molar-refractivity contribution in [3.63, 3.8) is 0 Å². The fourth-order valence-electron chi connectivity index (χ4n) is 0.769. The number of rotatable bonds is 1. The predicted molar refractivity (Wildman–Crippen MR) is 50.8 cm³/mol. The molecular weight excluding hydrogens is 264 g/mol. The van der Waals surface area contributed by atoms with Gasteiger partial charge < -0.3 is 5.11 Å². The van der Waals surface area contributed by atoms with Gasteiger partial charge in [-0.15, -0.1) is 0 Å². The summed E-state index contributed by atoms with van der Waals surface area (Å²) >= 11 is 8.56. The van der Waals surface area contributed by atoms with E-state index in [0.29, 0.717) is 0 Å². The molecule has 0 heterocycles. The van der Waals surface area contributed by atoms with Crippen molar-refractivity contribution in [2.75, 3.05) is 5.32 Å². The third kappa shape index (κ3) is 2.57. The molecule has 2 N–H and O–H groups in total. The van der Waals surface area contributed by atoms with Crippen LogP contribution < -0.4 is 5.32 Å². The number of nitrogens with one attached hydrogen (secondary N) is 1. The fraction of sp³-hybridized carbons (Fsp3) is 0. The third-order valence-electron chi connectivity index (χ3n) is 1.24. The number of benzene rings is 1. The molecule has 1 rings (SSSR count).